The molecule has 0 bridgehead atoms. The number of piperidine rings is 1. The lowest BCUT2D eigenvalue weighted by Crippen LogP contribution is -2.69. The molecular weight excluding hydrogens is 372 g/mol. The second-order valence-corrected chi connectivity index (χ2v) is 8.80. The molecule has 7 heteroatoms. The van der Waals surface area contributed by atoms with Crippen molar-refractivity contribution in [2.75, 3.05) is 19.6 Å². The van der Waals surface area contributed by atoms with Gasteiger partial charge in [-0.2, -0.15) is 0 Å². The van der Waals surface area contributed by atoms with E-state index in [4.69, 9.17) is 0 Å². The fraction of sp³-hybridized carbons (Fsp3) is 0.524. The summed E-state index contributed by atoms with van der Waals surface area (Å²) in [6.07, 6.45) is 1.62. The zero-order valence-electron chi connectivity index (χ0n) is 16.4. The summed E-state index contributed by atoms with van der Waals surface area (Å²) in [4.78, 5) is 27.2. The second kappa shape index (κ2) is 8.27. The van der Waals surface area contributed by atoms with Gasteiger partial charge in [0.25, 0.3) is 0 Å². The molecule has 4 rings (SSSR count). The van der Waals surface area contributed by atoms with E-state index in [9.17, 15) is 9.59 Å². The largest absolute Gasteiger partial charge is 0.356 e. The summed E-state index contributed by atoms with van der Waals surface area (Å²) < 4.78 is 0. The Morgan fingerprint density at radius 1 is 1.32 bits per heavy atom. The number of nitrogens with one attached hydrogen (secondary N) is 3. The van der Waals surface area contributed by atoms with E-state index in [0.717, 1.165) is 24.9 Å². The normalized spacial score (nSPS) is 30.4. The summed E-state index contributed by atoms with van der Waals surface area (Å²) in [5, 5.41) is 11.7. The van der Waals surface area contributed by atoms with Crippen molar-refractivity contribution in [1.29, 1.82) is 0 Å². The number of thioether (sulfide) groups is 1. The maximum atomic E-state index is 12.8. The van der Waals surface area contributed by atoms with Gasteiger partial charge in [-0.25, -0.2) is 0 Å². The molecule has 150 valence electrons. The molecule has 0 aromatic heterocycles. The number of hydrogen-bond acceptors (Lipinski definition) is 5. The quantitative estimate of drug-likeness (QED) is 0.717. The molecule has 2 amide bonds. The maximum Gasteiger partial charge on any atom is 0.237 e. The molecule has 2 fully saturated rings. The SMILES string of the molecule is CCNC(=O)C1CCCN(C2NC(=O)C3SC=C(c4ccc(C)cc4)C3N2)C1. The predicted molar refractivity (Wildman–Crippen MR) is 112 cm³/mol. The first-order valence-electron chi connectivity index (χ1n) is 10.1. The molecule has 0 saturated carbocycles. The Labute approximate surface area is 170 Å². The highest BCUT2D eigenvalue weighted by molar-refractivity contribution is 8.04. The summed E-state index contributed by atoms with van der Waals surface area (Å²) >= 11 is 1.58. The number of aryl methyl sites for hydroxylation is 1. The van der Waals surface area contributed by atoms with Crippen molar-refractivity contribution in [3.63, 3.8) is 0 Å². The Bertz CT molecular complexity index is 779. The van der Waals surface area contributed by atoms with E-state index in [1.54, 1.807) is 11.8 Å². The number of nitrogens with zero attached hydrogens (tertiary/aromatic N) is 1. The van der Waals surface area contributed by atoms with Crippen LogP contribution >= 0.6 is 11.8 Å². The van der Waals surface area contributed by atoms with Crippen LogP contribution in [0.5, 0.6) is 0 Å². The minimum absolute atomic E-state index is 0.0173. The van der Waals surface area contributed by atoms with Crippen LogP contribution in [0.15, 0.2) is 29.7 Å². The van der Waals surface area contributed by atoms with Gasteiger partial charge in [-0.05, 0) is 43.2 Å². The van der Waals surface area contributed by atoms with Crippen molar-refractivity contribution in [3.8, 4) is 0 Å². The minimum Gasteiger partial charge on any atom is -0.356 e. The number of fused-ring (bicyclic) bond motifs is 1. The van der Waals surface area contributed by atoms with Crippen LogP contribution in [-0.2, 0) is 9.59 Å². The molecule has 1 aromatic carbocycles. The van der Waals surface area contributed by atoms with Gasteiger partial charge >= 0.3 is 0 Å². The first-order valence-corrected chi connectivity index (χ1v) is 11.0. The van der Waals surface area contributed by atoms with E-state index in [1.165, 1.54) is 11.1 Å². The molecule has 3 aliphatic rings. The Hall–Kier alpha value is -1.83. The maximum absolute atomic E-state index is 12.8. The fourth-order valence-electron chi connectivity index (χ4n) is 4.24. The second-order valence-electron chi connectivity index (χ2n) is 7.78. The van der Waals surface area contributed by atoms with Gasteiger partial charge in [-0.1, -0.05) is 29.8 Å². The highest BCUT2D eigenvalue weighted by Crippen LogP contribution is 2.38. The summed E-state index contributed by atoms with van der Waals surface area (Å²) in [5.41, 5.74) is 3.56. The standard InChI is InChI=1S/C21H28N4O2S/c1-3-22-19(26)15-5-4-10-25(11-15)21-23-17-16(12-28-18(17)20(27)24-21)14-8-6-13(2)7-9-14/h6-9,12,15,17-18,21,23H,3-5,10-11H2,1-2H3,(H,22,26)(H,24,27). The molecule has 6 nitrogen and oxygen atoms in total. The van der Waals surface area contributed by atoms with Crippen LogP contribution in [0.25, 0.3) is 5.57 Å². The van der Waals surface area contributed by atoms with Crippen molar-refractivity contribution in [3.05, 3.63) is 40.8 Å². The van der Waals surface area contributed by atoms with Crippen LogP contribution in [0, 0.1) is 12.8 Å². The van der Waals surface area contributed by atoms with Gasteiger partial charge in [0, 0.05) is 19.6 Å². The van der Waals surface area contributed by atoms with Gasteiger partial charge in [0.2, 0.25) is 11.8 Å². The van der Waals surface area contributed by atoms with E-state index < -0.39 is 0 Å². The molecule has 4 unspecified atom stereocenters. The van der Waals surface area contributed by atoms with Crippen LogP contribution in [0.2, 0.25) is 0 Å². The number of benzene rings is 1. The lowest BCUT2D eigenvalue weighted by molar-refractivity contribution is -0.129. The molecule has 0 spiro atoms. The first kappa shape index (κ1) is 19.5. The Balaban J connectivity index is 1.48. The van der Waals surface area contributed by atoms with Crippen LogP contribution in [0.4, 0.5) is 0 Å². The Morgan fingerprint density at radius 2 is 2.11 bits per heavy atom. The molecule has 3 aliphatic heterocycles. The van der Waals surface area contributed by atoms with Gasteiger partial charge in [0.1, 0.15) is 11.5 Å². The summed E-state index contributed by atoms with van der Waals surface area (Å²) in [5.74, 6) is 0.163. The molecule has 2 saturated heterocycles. The lowest BCUT2D eigenvalue weighted by Gasteiger charge is -2.43. The Morgan fingerprint density at radius 3 is 2.86 bits per heavy atom. The topological polar surface area (TPSA) is 73.5 Å². The predicted octanol–water partition coefficient (Wildman–Crippen LogP) is 1.67. The molecule has 1 aromatic rings. The molecule has 3 N–H and O–H groups in total. The number of amides is 2. The van der Waals surface area contributed by atoms with E-state index in [2.05, 4.69) is 57.4 Å². The first-order chi connectivity index (χ1) is 13.6. The van der Waals surface area contributed by atoms with Gasteiger partial charge in [0.05, 0.1) is 12.0 Å². The molecule has 4 atom stereocenters. The average Bonchev–Trinajstić information content (AvgIpc) is 3.13. The van der Waals surface area contributed by atoms with Crippen LogP contribution < -0.4 is 16.0 Å². The zero-order chi connectivity index (χ0) is 19.7. The Kier molecular flexibility index (Phi) is 5.75. The number of rotatable bonds is 4. The molecule has 28 heavy (non-hydrogen) atoms. The molecule has 0 radical (unpaired) electrons. The molecule has 3 heterocycles. The van der Waals surface area contributed by atoms with Crippen molar-refractivity contribution in [2.45, 2.75) is 44.3 Å². The number of hydrogen-bond donors (Lipinski definition) is 3. The third-order valence-corrected chi connectivity index (χ3v) is 6.95. The minimum atomic E-state index is -0.237. The molecular formula is C21H28N4O2S. The van der Waals surface area contributed by atoms with Gasteiger partial charge in [-0.3, -0.25) is 19.8 Å². The van der Waals surface area contributed by atoms with Crippen LogP contribution in [0.3, 0.4) is 0 Å². The van der Waals surface area contributed by atoms with Crippen molar-refractivity contribution < 1.29 is 9.59 Å². The highest BCUT2D eigenvalue weighted by atomic mass is 32.2. The van der Waals surface area contributed by atoms with Gasteiger partial charge < -0.3 is 10.6 Å². The monoisotopic (exact) mass is 400 g/mol. The van der Waals surface area contributed by atoms with Crippen molar-refractivity contribution >= 4 is 29.1 Å². The summed E-state index contributed by atoms with van der Waals surface area (Å²) in [7, 11) is 0. The van der Waals surface area contributed by atoms with Crippen LogP contribution in [-0.4, -0.2) is 53.9 Å². The van der Waals surface area contributed by atoms with E-state index >= 15 is 0 Å². The summed E-state index contributed by atoms with van der Waals surface area (Å²) in [6.45, 7) is 6.21. The molecule has 0 aliphatic carbocycles. The summed E-state index contributed by atoms with van der Waals surface area (Å²) in [6, 6.07) is 8.45. The number of carbonyl (C=O) groups is 2. The van der Waals surface area contributed by atoms with Crippen molar-refractivity contribution in [2.24, 2.45) is 5.92 Å². The number of likely N-dealkylation sites (tertiary alicyclic amines) is 1. The fourth-order valence-corrected chi connectivity index (χ4v) is 5.39. The smallest absolute Gasteiger partial charge is 0.237 e. The van der Waals surface area contributed by atoms with Crippen LogP contribution in [0.1, 0.15) is 30.9 Å². The average molecular weight is 401 g/mol. The van der Waals surface area contributed by atoms with Gasteiger partial charge in [-0.15, -0.1) is 11.8 Å². The number of carbonyl (C=O) groups excluding carboxylic acids is 2. The third-order valence-electron chi connectivity index (χ3n) is 5.78. The van der Waals surface area contributed by atoms with E-state index in [1.807, 2.05) is 6.92 Å². The third kappa shape index (κ3) is 3.83. The lowest BCUT2D eigenvalue weighted by atomic mass is 9.94. The zero-order valence-corrected chi connectivity index (χ0v) is 17.2. The van der Waals surface area contributed by atoms with Crippen molar-refractivity contribution in [1.82, 2.24) is 20.9 Å². The van der Waals surface area contributed by atoms with E-state index in [-0.39, 0.29) is 35.3 Å². The van der Waals surface area contributed by atoms with E-state index in [0.29, 0.717) is 13.1 Å². The van der Waals surface area contributed by atoms with Gasteiger partial charge in [0.15, 0.2) is 0 Å². The highest BCUT2D eigenvalue weighted by Gasteiger charge is 2.44.